The number of aliphatic hydroxyl groups is 1. The van der Waals surface area contributed by atoms with Crippen molar-refractivity contribution in [3.05, 3.63) is 0 Å². The van der Waals surface area contributed by atoms with Crippen LogP contribution in [0.25, 0.3) is 0 Å². The molecule has 0 aliphatic rings. The molecule has 0 spiro atoms. The van der Waals surface area contributed by atoms with Gasteiger partial charge >= 0.3 is 11.9 Å². The number of nitrogens with zero attached hydrogens (tertiary/aromatic N) is 1. The molecule has 7 heteroatoms. The Morgan fingerprint density at radius 3 is 2.41 bits per heavy atom. The lowest BCUT2D eigenvalue weighted by molar-refractivity contribution is -0.169. The Labute approximate surface area is 132 Å². The third-order valence-electron chi connectivity index (χ3n) is 3.75. The number of nitrogens with one attached hydrogen (secondary N) is 1. The predicted molar refractivity (Wildman–Crippen MR) is 83.2 cm³/mol. The van der Waals surface area contributed by atoms with Gasteiger partial charge < -0.3 is 15.1 Å². The van der Waals surface area contributed by atoms with Crippen LogP contribution in [0.5, 0.6) is 0 Å². The normalized spacial score (nSPS) is 15.4. The Kier molecular flexibility index (Phi) is 9.97. The van der Waals surface area contributed by atoms with Crippen molar-refractivity contribution in [2.24, 2.45) is 0 Å². The van der Waals surface area contributed by atoms with Crippen LogP contribution >= 0.6 is 0 Å². The third kappa shape index (κ3) is 6.72. The maximum atomic E-state index is 12.5. The molecule has 0 amide bonds. The SMILES string of the molecule is CCCCCNOC(=O)C(CC)(CC(C)O)N(C)CC(=O)O. The number of carbonyl (C=O) groups is 2. The summed E-state index contributed by atoms with van der Waals surface area (Å²) < 4.78 is 0. The van der Waals surface area contributed by atoms with E-state index in [0.29, 0.717) is 13.0 Å². The van der Waals surface area contributed by atoms with Gasteiger partial charge in [0.05, 0.1) is 12.6 Å². The Morgan fingerprint density at radius 2 is 1.95 bits per heavy atom. The van der Waals surface area contributed by atoms with E-state index in [1.165, 1.54) is 4.90 Å². The van der Waals surface area contributed by atoms with E-state index < -0.39 is 23.6 Å². The van der Waals surface area contributed by atoms with Gasteiger partial charge in [-0.3, -0.25) is 9.69 Å². The molecule has 0 radical (unpaired) electrons. The van der Waals surface area contributed by atoms with E-state index in [-0.39, 0.29) is 13.0 Å². The molecule has 130 valence electrons. The summed E-state index contributed by atoms with van der Waals surface area (Å²) >= 11 is 0. The summed E-state index contributed by atoms with van der Waals surface area (Å²) in [5.74, 6) is -1.59. The second-order valence-corrected chi connectivity index (χ2v) is 5.68. The molecule has 0 aliphatic carbocycles. The van der Waals surface area contributed by atoms with Gasteiger partial charge in [0.15, 0.2) is 0 Å². The van der Waals surface area contributed by atoms with Crippen LogP contribution in [0.2, 0.25) is 0 Å². The molecule has 2 unspecified atom stereocenters. The molecule has 0 aliphatic heterocycles. The fourth-order valence-electron chi connectivity index (χ4n) is 2.46. The van der Waals surface area contributed by atoms with Crippen molar-refractivity contribution in [1.82, 2.24) is 10.4 Å². The molecule has 0 saturated carbocycles. The average molecular weight is 318 g/mol. The maximum Gasteiger partial charge on any atom is 0.345 e. The standard InChI is InChI=1S/C15H30N2O5/c1-5-7-8-9-16-22-14(21)15(6-2,10-12(3)18)17(4)11-13(19)20/h12,16,18H,5-11H2,1-4H3,(H,19,20). The summed E-state index contributed by atoms with van der Waals surface area (Å²) in [6.45, 7) is 5.68. The van der Waals surface area contributed by atoms with E-state index in [1.54, 1.807) is 20.9 Å². The highest BCUT2D eigenvalue weighted by Crippen LogP contribution is 2.26. The second-order valence-electron chi connectivity index (χ2n) is 5.68. The number of rotatable bonds is 12. The molecule has 0 bridgehead atoms. The van der Waals surface area contributed by atoms with Crippen LogP contribution in [0, 0.1) is 0 Å². The number of carboxylic acids is 1. The number of aliphatic hydroxyl groups excluding tert-OH is 1. The molecule has 0 heterocycles. The van der Waals surface area contributed by atoms with Crippen molar-refractivity contribution < 1.29 is 24.6 Å². The van der Waals surface area contributed by atoms with Crippen molar-refractivity contribution in [2.45, 2.75) is 64.5 Å². The van der Waals surface area contributed by atoms with Gasteiger partial charge in [-0.25, -0.2) is 4.79 Å². The number of hydrogen-bond acceptors (Lipinski definition) is 6. The van der Waals surface area contributed by atoms with E-state index in [2.05, 4.69) is 12.4 Å². The molecule has 0 fully saturated rings. The smallest absolute Gasteiger partial charge is 0.345 e. The number of likely N-dealkylation sites (N-methyl/N-ethyl adjacent to an activating group) is 1. The minimum absolute atomic E-state index is 0.114. The van der Waals surface area contributed by atoms with Gasteiger partial charge in [0, 0.05) is 13.0 Å². The zero-order chi connectivity index (χ0) is 17.2. The van der Waals surface area contributed by atoms with Crippen LogP contribution in [0.1, 0.15) is 52.9 Å². The molecule has 3 N–H and O–H groups in total. The van der Waals surface area contributed by atoms with Crippen LogP contribution in [0.3, 0.4) is 0 Å². The quantitative estimate of drug-likeness (QED) is 0.367. The lowest BCUT2D eigenvalue weighted by Gasteiger charge is -2.38. The first kappa shape index (κ1) is 20.8. The topological polar surface area (TPSA) is 99.1 Å². The number of aliphatic carboxylic acids is 1. The van der Waals surface area contributed by atoms with E-state index in [1.807, 2.05) is 0 Å². The van der Waals surface area contributed by atoms with Crippen LogP contribution in [0.15, 0.2) is 0 Å². The lowest BCUT2D eigenvalue weighted by atomic mass is 9.88. The summed E-state index contributed by atoms with van der Waals surface area (Å²) in [5.41, 5.74) is 1.47. The molecule has 0 rings (SSSR count). The molecular formula is C15H30N2O5. The number of carbonyl (C=O) groups excluding carboxylic acids is 1. The van der Waals surface area contributed by atoms with Crippen molar-refractivity contribution >= 4 is 11.9 Å². The Balaban J connectivity index is 4.88. The van der Waals surface area contributed by atoms with E-state index in [4.69, 9.17) is 9.94 Å². The van der Waals surface area contributed by atoms with Gasteiger partial charge in [0.25, 0.3) is 0 Å². The third-order valence-corrected chi connectivity index (χ3v) is 3.75. The maximum absolute atomic E-state index is 12.5. The Hall–Kier alpha value is -1.18. The van der Waals surface area contributed by atoms with Gasteiger partial charge in [0.2, 0.25) is 0 Å². The summed E-state index contributed by atoms with van der Waals surface area (Å²) in [6, 6.07) is 0. The highest BCUT2D eigenvalue weighted by Gasteiger charge is 2.44. The number of carboxylic acid groups (broad SMARTS) is 1. The number of hydroxylamine groups is 1. The first-order chi connectivity index (χ1) is 10.3. The molecular weight excluding hydrogens is 288 g/mol. The van der Waals surface area contributed by atoms with E-state index >= 15 is 0 Å². The fourth-order valence-corrected chi connectivity index (χ4v) is 2.46. The monoisotopic (exact) mass is 318 g/mol. The van der Waals surface area contributed by atoms with Crippen LogP contribution in [-0.2, 0) is 14.4 Å². The minimum atomic E-state index is -1.16. The lowest BCUT2D eigenvalue weighted by Crippen LogP contribution is -2.57. The zero-order valence-corrected chi connectivity index (χ0v) is 14.1. The van der Waals surface area contributed by atoms with E-state index in [0.717, 1.165) is 19.3 Å². The van der Waals surface area contributed by atoms with Crippen molar-refractivity contribution in [3.63, 3.8) is 0 Å². The molecule has 2 atom stereocenters. The largest absolute Gasteiger partial charge is 0.480 e. The summed E-state index contributed by atoms with van der Waals surface area (Å²) in [4.78, 5) is 29.9. The molecule has 0 aromatic rings. The predicted octanol–water partition coefficient (Wildman–Crippen LogP) is 1.16. The number of unbranched alkanes of at least 4 members (excludes halogenated alkanes) is 2. The minimum Gasteiger partial charge on any atom is -0.480 e. The highest BCUT2D eigenvalue weighted by atomic mass is 16.7. The van der Waals surface area contributed by atoms with Gasteiger partial charge in [-0.1, -0.05) is 26.7 Å². The van der Waals surface area contributed by atoms with E-state index in [9.17, 15) is 14.7 Å². The molecule has 22 heavy (non-hydrogen) atoms. The Morgan fingerprint density at radius 1 is 1.32 bits per heavy atom. The van der Waals surface area contributed by atoms with Gasteiger partial charge in [-0.2, -0.15) is 5.48 Å². The van der Waals surface area contributed by atoms with Gasteiger partial charge in [0.1, 0.15) is 5.54 Å². The fraction of sp³-hybridized carbons (Fsp3) is 0.867. The van der Waals surface area contributed by atoms with Gasteiger partial charge in [-0.15, -0.1) is 0 Å². The molecule has 0 aromatic heterocycles. The summed E-state index contributed by atoms with van der Waals surface area (Å²) in [7, 11) is 1.55. The number of hydrogen-bond donors (Lipinski definition) is 3. The van der Waals surface area contributed by atoms with Crippen molar-refractivity contribution in [2.75, 3.05) is 20.1 Å². The van der Waals surface area contributed by atoms with Crippen molar-refractivity contribution in [1.29, 1.82) is 0 Å². The molecule has 0 aromatic carbocycles. The summed E-state index contributed by atoms with van der Waals surface area (Å²) in [5, 5.41) is 18.7. The summed E-state index contributed by atoms with van der Waals surface area (Å²) in [6.07, 6.45) is 2.71. The average Bonchev–Trinajstić information content (AvgIpc) is 2.43. The molecule has 0 saturated heterocycles. The first-order valence-corrected chi connectivity index (χ1v) is 7.85. The highest BCUT2D eigenvalue weighted by molar-refractivity contribution is 5.81. The molecule has 7 nitrogen and oxygen atoms in total. The van der Waals surface area contributed by atoms with Crippen molar-refractivity contribution in [3.8, 4) is 0 Å². The second kappa shape index (κ2) is 10.5. The Bertz CT molecular complexity index is 349. The van der Waals surface area contributed by atoms with Crippen LogP contribution in [0.4, 0.5) is 0 Å². The zero-order valence-electron chi connectivity index (χ0n) is 14.1. The van der Waals surface area contributed by atoms with Crippen LogP contribution < -0.4 is 5.48 Å². The van der Waals surface area contributed by atoms with Crippen LogP contribution in [-0.4, -0.2) is 58.8 Å². The first-order valence-electron chi connectivity index (χ1n) is 7.85. The van der Waals surface area contributed by atoms with Gasteiger partial charge in [-0.05, 0) is 26.8 Å².